The number of ketones is 1. The molecule has 1 aliphatic carbocycles. The number of benzene rings is 3. The molecule has 6 nitrogen and oxygen atoms in total. The lowest BCUT2D eigenvalue weighted by Crippen LogP contribution is -2.56. The van der Waals surface area contributed by atoms with Crippen molar-refractivity contribution in [2.45, 2.75) is 24.9 Å². The van der Waals surface area contributed by atoms with E-state index in [-0.39, 0.29) is 6.42 Å². The average Bonchev–Trinajstić information content (AvgIpc) is 2.79. The number of para-hydroxylation sites is 2. The summed E-state index contributed by atoms with van der Waals surface area (Å²) in [5.41, 5.74) is 0.157. The normalized spacial score (nSPS) is 24.7. The molecule has 2 amide bonds. The number of nitrogens with one attached hydrogen (secondary N) is 2. The molecule has 0 unspecified atom stereocenters. The minimum Gasteiger partial charge on any atom is -0.389 e. The van der Waals surface area contributed by atoms with Crippen molar-refractivity contribution < 1.29 is 19.5 Å². The number of amides is 2. The Hall–Kier alpha value is -3.77. The number of hydrogen-bond donors (Lipinski definition) is 3. The van der Waals surface area contributed by atoms with Crippen LogP contribution in [0.1, 0.15) is 24.8 Å². The van der Waals surface area contributed by atoms with Crippen molar-refractivity contribution in [3.05, 3.63) is 96.6 Å². The first-order valence-corrected chi connectivity index (χ1v) is 10.9. The molecule has 6 heteroatoms. The van der Waals surface area contributed by atoms with E-state index in [0.29, 0.717) is 16.9 Å². The highest BCUT2D eigenvalue weighted by Crippen LogP contribution is 2.46. The van der Waals surface area contributed by atoms with Gasteiger partial charge in [-0.3, -0.25) is 14.4 Å². The van der Waals surface area contributed by atoms with E-state index in [9.17, 15) is 19.5 Å². The van der Waals surface area contributed by atoms with Gasteiger partial charge in [0.2, 0.25) is 11.8 Å². The van der Waals surface area contributed by atoms with E-state index in [1.54, 1.807) is 72.8 Å². The second-order valence-corrected chi connectivity index (χ2v) is 8.60. The van der Waals surface area contributed by atoms with Gasteiger partial charge in [-0.25, -0.2) is 0 Å². The molecule has 168 valence electrons. The van der Waals surface area contributed by atoms with E-state index in [1.807, 2.05) is 18.2 Å². The van der Waals surface area contributed by atoms with Crippen LogP contribution in [0.4, 0.5) is 11.4 Å². The molecule has 0 bridgehead atoms. The summed E-state index contributed by atoms with van der Waals surface area (Å²) in [6.07, 6.45) is -0.296. The second-order valence-electron chi connectivity index (χ2n) is 8.60. The van der Waals surface area contributed by atoms with Crippen molar-refractivity contribution in [3.63, 3.8) is 0 Å². The van der Waals surface area contributed by atoms with Crippen molar-refractivity contribution in [1.82, 2.24) is 0 Å². The highest BCUT2D eigenvalue weighted by Gasteiger charge is 2.55. The zero-order valence-electron chi connectivity index (χ0n) is 18.3. The summed E-state index contributed by atoms with van der Waals surface area (Å²) in [4.78, 5) is 40.0. The quantitative estimate of drug-likeness (QED) is 0.521. The summed E-state index contributed by atoms with van der Waals surface area (Å²) in [5.74, 6) is -4.32. The summed E-state index contributed by atoms with van der Waals surface area (Å²) in [6.45, 7) is 1.49. The van der Waals surface area contributed by atoms with Crippen LogP contribution < -0.4 is 10.6 Å². The molecule has 1 fully saturated rings. The fraction of sp³-hybridized carbons (Fsp3) is 0.222. The Morgan fingerprint density at radius 3 is 1.76 bits per heavy atom. The molecule has 0 saturated heterocycles. The highest BCUT2D eigenvalue weighted by atomic mass is 16.3. The molecule has 3 aromatic rings. The standard InChI is InChI=1S/C27H26N2O4/c1-27(33)17-21(30)23(25(31)28-19-13-7-3-8-14-19)22(18-11-5-2-6-12-18)24(27)26(32)29-20-15-9-4-10-16-20/h2-16,22-24,33H,17H2,1H3,(H,28,31)(H,29,32)/t22-,23+,24+,27+/m1/s1. The van der Waals surface area contributed by atoms with E-state index in [2.05, 4.69) is 10.6 Å². The first-order valence-electron chi connectivity index (χ1n) is 10.9. The molecule has 0 aliphatic heterocycles. The van der Waals surface area contributed by atoms with Gasteiger partial charge in [-0.1, -0.05) is 66.7 Å². The van der Waals surface area contributed by atoms with Crippen LogP contribution in [0, 0.1) is 11.8 Å². The van der Waals surface area contributed by atoms with Crippen molar-refractivity contribution in [2.75, 3.05) is 10.6 Å². The Labute approximate surface area is 192 Å². The van der Waals surface area contributed by atoms with Crippen LogP contribution in [0.15, 0.2) is 91.0 Å². The van der Waals surface area contributed by atoms with Crippen molar-refractivity contribution >= 4 is 29.0 Å². The molecule has 4 atom stereocenters. The maximum Gasteiger partial charge on any atom is 0.235 e. The lowest BCUT2D eigenvalue weighted by atomic mass is 9.61. The van der Waals surface area contributed by atoms with Gasteiger partial charge in [-0.15, -0.1) is 0 Å². The van der Waals surface area contributed by atoms with Gasteiger partial charge in [0.25, 0.3) is 0 Å². The molecule has 3 N–H and O–H groups in total. The number of Topliss-reactive ketones (excluding diaryl/α,β-unsaturated/α-hetero) is 1. The zero-order valence-corrected chi connectivity index (χ0v) is 18.3. The first kappa shape index (κ1) is 22.4. The molecule has 33 heavy (non-hydrogen) atoms. The average molecular weight is 443 g/mol. The predicted molar refractivity (Wildman–Crippen MR) is 127 cm³/mol. The summed E-state index contributed by atoms with van der Waals surface area (Å²) < 4.78 is 0. The Kier molecular flexibility index (Phi) is 6.38. The number of hydrogen-bond acceptors (Lipinski definition) is 4. The van der Waals surface area contributed by atoms with Gasteiger partial charge < -0.3 is 15.7 Å². The zero-order chi connectivity index (χ0) is 23.4. The van der Waals surface area contributed by atoms with E-state index < -0.39 is 41.0 Å². The van der Waals surface area contributed by atoms with Crippen LogP contribution in [0.25, 0.3) is 0 Å². The van der Waals surface area contributed by atoms with Gasteiger partial charge in [0.1, 0.15) is 11.7 Å². The lowest BCUT2D eigenvalue weighted by molar-refractivity contribution is -0.150. The third-order valence-electron chi connectivity index (χ3n) is 6.10. The Morgan fingerprint density at radius 1 is 0.788 bits per heavy atom. The van der Waals surface area contributed by atoms with Crippen LogP contribution >= 0.6 is 0 Å². The molecule has 0 heterocycles. The molecule has 0 aromatic heterocycles. The smallest absolute Gasteiger partial charge is 0.235 e. The third kappa shape index (κ3) is 4.86. The molecule has 3 aromatic carbocycles. The van der Waals surface area contributed by atoms with Gasteiger partial charge in [-0.2, -0.15) is 0 Å². The first-order chi connectivity index (χ1) is 15.9. The summed E-state index contributed by atoms with van der Waals surface area (Å²) in [7, 11) is 0. The van der Waals surface area contributed by atoms with Crippen LogP contribution in [0.3, 0.4) is 0 Å². The molecule has 1 saturated carbocycles. The number of rotatable bonds is 5. The monoisotopic (exact) mass is 442 g/mol. The number of carbonyl (C=O) groups is 3. The van der Waals surface area contributed by atoms with Gasteiger partial charge >= 0.3 is 0 Å². The summed E-state index contributed by atoms with van der Waals surface area (Å²) in [5, 5.41) is 16.9. The van der Waals surface area contributed by atoms with Gasteiger partial charge in [-0.05, 0) is 36.8 Å². The molecular weight excluding hydrogens is 416 g/mol. The maximum absolute atomic E-state index is 13.5. The fourth-order valence-electron chi connectivity index (χ4n) is 4.65. The number of aliphatic hydroxyl groups is 1. The lowest BCUT2D eigenvalue weighted by Gasteiger charge is -2.44. The van der Waals surface area contributed by atoms with Crippen molar-refractivity contribution in [1.29, 1.82) is 0 Å². The SMILES string of the molecule is C[C@]1(O)CC(=O)[C@H](C(=O)Nc2ccccc2)[C@@H](c2ccccc2)[C@H]1C(=O)Nc1ccccc1. The Bertz CT molecular complexity index is 1130. The maximum atomic E-state index is 13.5. The van der Waals surface area contributed by atoms with Gasteiger partial charge in [0.15, 0.2) is 0 Å². The van der Waals surface area contributed by atoms with E-state index >= 15 is 0 Å². The molecule has 0 spiro atoms. The second kappa shape index (κ2) is 9.38. The van der Waals surface area contributed by atoms with E-state index in [4.69, 9.17) is 0 Å². The number of anilines is 2. The summed E-state index contributed by atoms with van der Waals surface area (Å²) in [6, 6.07) is 26.8. The van der Waals surface area contributed by atoms with E-state index in [1.165, 1.54) is 6.92 Å². The Morgan fingerprint density at radius 2 is 1.24 bits per heavy atom. The minimum atomic E-state index is -1.63. The van der Waals surface area contributed by atoms with E-state index in [0.717, 1.165) is 0 Å². The fourth-order valence-corrected chi connectivity index (χ4v) is 4.65. The highest BCUT2D eigenvalue weighted by molar-refractivity contribution is 6.10. The van der Waals surface area contributed by atoms with Crippen LogP contribution in [0.5, 0.6) is 0 Å². The third-order valence-corrected chi connectivity index (χ3v) is 6.10. The van der Waals surface area contributed by atoms with Crippen LogP contribution in [-0.2, 0) is 14.4 Å². The number of carbonyl (C=O) groups excluding carboxylic acids is 3. The molecule has 4 rings (SSSR count). The predicted octanol–water partition coefficient (Wildman–Crippen LogP) is 4.00. The van der Waals surface area contributed by atoms with Gasteiger partial charge in [0, 0.05) is 23.7 Å². The van der Waals surface area contributed by atoms with Crippen LogP contribution in [0.2, 0.25) is 0 Å². The van der Waals surface area contributed by atoms with Crippen LogP contribution in [-0.4, -0.2) is 28.3 Å². The minimum absolute atomic E-state index is 0.296. The van der Waals surface area contributed by atoms with Gasteiger partial charge in [0.05, 0.1) is 11.5 Å². The van der Waals surface area contributed by atoms with Crippen molar-refractivity contribution in [2.24, 2.45) is 11.8 Å². The molecule has 1 aliphatic rings. The summed E-state index contributed by atoms with van der Waals surface area (Å²) >= 11 is 0. The largest absolute Gasteiger partial charge is 0.389 e. The Balaban J connectivity index is 1.74. The topological polar surface area (TPSA) is 95.5 Å². The molecule has 0 radical (unpaired) electrons. The van der Waals surface area contributed by atoms with Crippen molar-refractivity contribution in [3.8, 4) is 0 Å². The molecular formula is C27H26N2O4.